The van der Waals surface area contributed by atoms with Gasteiger partial charge >= 0.3 is 29.3 Å². The van der Waals surface area contributed by atoms with Crippen LogP contribution in [-0.2, 0) is 33.3 Å². The zero-order valence-corrected chi connectivity index (χ0v) is 16.0. The Balaban J connectivity index is 2.14. The third kappa shape index (κ3) is 4.03. The summed E-state index contributed by atoms with van der Waals surface area (Å²) in [5.41, 5.74) is -3.10. The number of imidazole rings is 1. The fourth-order valence-corrected chi connectivity index (χ4v) is 3.18. The molecule has 14 heteroatoms. The Morgan fingerprint density at radius 1 is 0.933 bits per heavy atom. The van der Waals surface area contributed by atoms with Crippen molar-refractivity contribution in [2.24, 2.45) is 0 Å². The second-order valence-corrected chi connectivity index (χ2v) is 6.45. The quantitative estimate of drug-likeness (QED) is 0.357. The molecule has 1 aliphatic heterocycles. The fourth-order valence-electron chi connectivity index (χ4n) is 3.18. The molecule has 1 fully saturated rings. The molecule has 4 atom stereocenters. The molecule has 3 rings (SSSR count). The highest BCUT2D eigenvalue weighted by Gasteiger charge is 2.51. The first-order valence-corrected chi connectivity index (χ1v) is 8.68. The maximum atomic E-state index is 12.5. The number of H-pyrrole nitrogens is 3. The van der Waals surface area contributed by atoms with E-state index in [4.69, 9.17) is 18.9 Å². The molecule has 14 nitrogen and oxygen atoms in total. The van der Waals surface area contributed by atoms with Crippen molar-refractivity contribution in [2.75, 3.05) is 6.61 Å². The molecule has 162 valence electrons. The summed E-state index contributed by atoms with van der Waals surface area (Å²) in [5.74, 6) is -2.17. The van der Waals surface area contributed by atoms with E-state index in [1.165, 1.54) is 0 Å². The average molecular weight is 426 g/mol. The van der Waals surface area contributed by atoms with Gasteiger partial charge in [-0.15, -0.1) is 0 Å². The third-order valence-corrected chi connectivity index (χ3v) is 4.21. The van der Waals surface area contributed by atoms with Crippen LogP contribution in [0.15, 0.2) is 14.4 Å². The van der Waals surface area contributed by atoms with Crippen molar-refractivity contribution >= 4 is 29.1 Å². The molecule has 2 aromatic heterocycles. The lowest BCUT2D eigenvalue weighted by atomic mass is 10.1. The van der Waals surface area contributed by atoms with E-state index in [2.05, 4.69) is 9.97 Å². The van der Waals surface area contributed by atoms with Crippen LogP contribution in [0.25, 0.3) is 11.2 Å². The molecule has 2 aromatic rings. The van der Waals surface area contributed by atoms with Crippen molar-refractivity contribution in [1.29, 1.82) is 0 Å². The topological polar surface area (TPSA) is 192 Å². The highest BCUT2D eigenvalue weighted by molar-refractivity contribution is 5.70. The van der Waals surface area contributed by atoms with E-state index in [0.717, 1.165) is 25.3 Å². The van der Waals surface area contributed by atoms with Gasteiger partial charge in [0.1, 0.15) is 12.7 Å². The fraction of sp³-hybridized carbons (Fsp3) is 0.500. The van der Waals surface area contributed by atoms with Gasteiger partial charge in [0.2, 0.25) is 0 Å². The maximum Gasteiger partial charge on any atom is 0.330 e. The van der Waals surface area contributed by atoms with Gasteiger partial charge in [0, 0.05) is 20.8 Å². The van der Waals surface area contributed by atoms with E-state index in [-0.39, 0.29) is 17.8 Å². The maximum absolute atomic E-state index is 12.5. The average Bonchev–Trinajstić information content (AvgIpc) is 3.10. The number of rotatable bonds is 5. The number of aromatic amines is 3. The van der Waals surface area contributed by atoms with Gasteiger partial charge in [-0.2, -0.15) is 0 Å². The number of carbonyl (C=O) groups excluding carboxylic acids is 3. The van der Waals surface area contributed by atoms with Gasteiger partial charge in [-0.25, -0.2) is 14.2 Å². The monoisotopic (exact) mass is 426 g/mol. The molecule has 30 heavy (non-hydrogen) atoms. The highest BCUT2D eigenvalue weighted by Crippen LogP contribution is 2.34. The summed E-state index contributed by atoms with van der Waals surface area (Å²) in [6.07, 6.45) is -5.14. The summed E-state index contributed by atoms with van der Waals surface area (Å²) in [5, 5.41) is 0. The van der Waals surface area contributed by atoms with Crippen LogP contribution >= 0.6 is 0 Å². The van der Waals surface area contributed by atoms with Crippen LogP contribution in [0, 0.1) is 0 Å². The Bertz CT molecular complexity index is 1170. The van der Waals surface area contributed by atoms with Crippen LogP contribution in [0.3, 0.4) is 0 Å². The van der Waals surface area contributed by atoms with Crippen LogP contribution in [0.2, 0.25) is 0 Å². The Morgan fingerprint density at radius 3 is 2.17 bits per heavy atom. The number of nitrogens with zero attached hydrogens (tertiary/aromatic N) is 1. The molecule has 0 amide bonds. The molecule has 0 bridgehead atoms. The van der Waals surface area contributed by atoms with Crippen molar-refractivity contribution in [3.8, 4) is 0 Å². The summed E-state index contributed by atoms with van der Waals surface area (Å²) in [7, 11) is 0. The van der Waals surface area contributed by atoms with Crippen LogP contribution in [0.1, 0.15) is 27.0 Å². The zero-order valence-electron chi connectivity index (χ0n) is 16.0. The van der Waals surface area contributed by atoms with Gasteiger partial charge in [0.05, 0.1) is 0 Å². The number of aromatic nitrogens is 4. The molecule has 0 radical (unpaired) electrons. The molecule has 0 spiro atoms. The Labute approximate surface area is 166 Å². The van der Waals surface area contributed by atoms with E-state index < -0.39 is 59.4 Å². The zero-order chi connectivity index (χ0) is 22.2. The van der Waals surface area contributed by atoms with E-state index >= 15 is 0 Å². The smallest absolute Gasteiger partial charge is 0.330 e. The van der Waals surface area contributed by atoms with Crippen molar-refractivity contribution in [1.82, 2.24) is 19.5 Å². The Kier molecular flexibility index (Phi) is 5.60. The molecule has 1 aliphatic rings. The van der Waals surface area contributed by atoms with Crippen LogP contribution < -0.4 is 16.9 Å². The number of ether oxygens (including phenoxy) is 4. The van der Waals surface area contributed by atoms with Gasteiger partial charge in [-0.05, 0) is 0 Å². The molecular formula is C16H18N4O10. The summed E-state index contributed by atoms with van der Waals surface area (Å²) in [6, 6.07) is 0. The second kappa shape index (κ2) is 7.98. The van der Waals surface area contributed by atoms with E-state index in [1.807, 2.05) is 4.98 Å². The highest BCUT2D eigenvalue weighted by atomic mass is 16.7. The summed E-state index contributed by atoms with van der Waals surface area (Å²) in [4.78, 5) is 77.2. The predicted molar refractivity (Wildman–Crippen MR) is 95.5 cm³/mol. The standard InChI is InChI=1S/C16H18N4O10/c1-5(21)27-4-8-10(28-6(2)22)11(29-7(3)23)14(30-8)20-12-9(17-16(20)26)13(24)19-15(25)18-12/h8,10-11,14H,4H2,1-3H3,(H,17,26)(H2,18,19,24,25)/t8-,10-,11-,14-/m1/s1. The molecular weight excluding hydrogens is 408 g/mol. The van der Waals surface area contributed by atoms with E-state index in [1.54, 1.807) is 0 Å². The van der Waals surface area contributed by atoms with Gasteiger partial charge in [0.15, 0.2) is 29.6 Å². The van der Waals surface area contributed by atoms with Gasteiger partial charge in [-0.1, -0.05) is 0 Å². The molecule has 0 aliphatic carbocycles. The first kappa shape index (κ1) is 21.0. The Hall–Kier alpha value is -3.68. The van der Waals surface area contributed by atoms with Gasteiger partial charge < -0.3 is 18.9 Å². The lowest BCUT2D eigenvalue weighted by molar-refractivity contribution is -0.166. The molecule has 0 unspecified atom stereocenters. The minimum Gasteiger partial charge on any atom is -0.463 e. The SMILES string of the molecule is CC(=O)OC[C@H]1O[C@@H](n2c(=O)[nH]c3c(=O)[nH]c(=O)[nH]c32)[C@H](OC(C)=O)[C@@H]1OC(C)=O. The summed E-state index contributed by atoms with van der Waals surface area (Å²) < 4.78 is 21.9. The predicted octanol–water partition coefficient (Wildman–Crippen LogP) is -1.97. The largest absolute Gasteiger partial charge is 0.463 e. The third-order valence-electron chi connectivity index (χ3n) is 4.21. The number of carbonyl (C=O) groups is 3. The summed E-state index contributed by atoms with van der Waals surface area (Å²) >= 11 is 0. The second-order valence-electron chi connectivity index (χ2n) is 6.45. The molecule has 1 saturated heterocycles. The first-order valence-electron chi connectivity index (χ1n) is 8.68. The summed E-state index contributed by atoms with van der Waals surface area (Å²) in [6.45, 7) is 2.97. The first-order chi connectivity index (χ1) is 14.1. The van der Waals surface area contributed by atoms with Gasteiger partial charge in [-0.3, -0.25) is 34.1 Å². The lowest BCUT2D eigenvalue weighted by Crippen LogP contribution is -2.41. The Morgan fingerprint density at radius 2 is 1.57 bits per heavy atom. The van der Waals surface area contributed by atoms with Crippen LogP contribution in [0.4, 0.5) is 0 Å². The van der Waals surface area contributed by atoms with E-state index in [0.29, 0.717) is 0 Å². The van der Waals surface area contributed by atoms with Crippen molar-refractivity contribution in [3.05, 3.63) is 31.3 Å². The van der Waals surface area contributed by atoms with Crippen LogP contribution in [0.5, 0.6) is 0 Å². The van der Waals surface area contributed by atoms with Crippen molar-refractivity contribution in [3.63, 3.8) is 0 Å². The molecule has 0 aromatic carbocycles. The van der Waals surface area contributed by atoms with Gasteiger partial charge in [0.25, 0.3) is 5.56 Å². The molecule has 0 saturated carbocycles. The number of esters is 3. The molecule has 3 heterocycles. The van der Waals surface area contributed by atoms with Crippen LogP contribution in [-0.4, -0.2) is 62.3 Å². The van der Waals surface area contributed by atoms with E-state index in [9.17, 15) is 28.8 Å². The minimum absolute atomic E-state index is 0.231. The molecule has 3 N–H and O–H groups in total. The minimum atomic E-state index is -1.42. The number of hydrogen-bond acceptors (Lipinski definition) is 10. The number of hydrogen-bond donors (Lipinski definition) is 3. The number of nitrogens with one attached hydrogen (secondary N) is 3. The lowest BCUT2D eigenvalue weighted by Gasteiger charge is -2.23. The van der Waals surface area contributed by atoms with Crippen molar-refractivity contribution in [2.45, 2.75) is 45.3 Å². The normalized spacial score (nSPS) is 23.3. The number of fused-ring (bicyclic) bond motifs is 1. The van der Waals surface area contributed by atoms with Crippen molar-refractivity contribution < 1.29 is 33.3 Å².